The van der Waals surface area contributed by atoms with E-state index in [0.717, 1.165) is 16.1 Å². The molecule has 1 aliphatic rings. The van der Waals surface area contributed by atoms with Crippen molar-refractivity contribution in [2.75, 3.05) is 0 Å². The van der Waals surface area contributed by atoms with E-state index in [1.807, 2.05) is 30.4 Å². The number of thiazole rings is 1. The highest BCUT2D eigenvalue weighted by atomic mass is 32.1. The van der Waals surface area contributed by atoms with Gasteiger partial charge in [-0.1, -0.05) is 12.1 Å². The zero-order chi connectivity index (χ0) is 16.4. The van der Waals surface area contributed by atoms with Crippen molar-refractivity contribution in [3.63, 3.8) is 0 Å². The molecule has 5 nitrogen and oxygen atoms in total. The zero-order valence-electron chi connectivity index (χ0n) is 12.1. The summed E-state index contributed by atoms with van der Waals surface area (Å²) in [7, 11) is 0. The van der Waals surface area contributed by atoms with Crippen LogP contribution in [0.2, 0.25) is 0 Å². The van der Waals surface area contributed by atoms with E-state index in [4.69, 9.17) is 17.3 Å². The molecule has 0 saturated carbocycles. The number of rotatable bonds is 5. The van der Waals surface area contributed by atoms with Crippen molar-refractivity contribution in [3.05, 3.63) is 37.5 Å². The molecule has 0 bridgehead atoms. The Morgan fingerprint density at radius 3 is 3.04 bits per heavy atom. The summed E-state index contributed by atoms with van der Waals surface area (Å²) in [5.74, 6) is -0.768. The first-order chi connectivity index (χ1) is 11.1. The normalized spacial score (nSPS) is 13.1. The van der Waals surface area contributed by atoms with E-state index in [1.165, 1.54) is 11.3 Å². The van der Waals surface area contributed by atoms with Gasteiger partial charge in [-0.15, -0.1) is 11.3 Å². The van der Waals surface area contributed by atoms with Crippen LogP contribution in [0.15, 0.2) is 23.2 Å². The van der Waals surface area contributed by atoms with Gasteiger partial charge in [-0.25, -0.2) is 0 Å². The number of nitrogens with zero attached hydrogens (tertiary/aromatic N) is 2. The highest BCUT2D eigenvalue weighted by Gasteiger charge is 2.10. The summed E-state index contributed by atoms with van der Waals surface area (Å²) in [5.41, 5.74) is 0.905. The van der Waals surface area contributed by atoms with Crippen LogP contribution in [0.5, 0.6) is 5.88 Å². The van der Waals surface area contributed by atoms with Gasteiger partial charge in [-0.3, -0.25) is 14.4 Å². The van der Waals surface area contributed by atoms with Gasteiger partial charge in [-0.2, -0.15) is 0 Å². The Kier molecular flexibility index (Phi) is 4.40. The van der Waals surface area contributed by atoms with Gasteiger partial charge >= 0.3 is 5.97 Å². The summed E-state index contributed by atoms with van der Waals surface area (Å²) < 4.78 is 2.12. The molecule has 23 heavy (non-hydrogen) atoms. The zero-order valence-corrected chi connectivity index (χ0v) is 13.7. The van der Waals surface area contributed by atoms with Crippen LogP contribution in [-0.2, 0) is 11.3 Å². The standard InChI is InChI=1S/C16H14N2O3S2/c19-14(20)5-2-8-18-15(21)13(23-16(18)22)9-10-3-1-4-12-11(10)6-7-17-12/h1,3-4,6-7,9,21H,2,5,8H2,(H,19,20). The Bertz CT molecular complexity index is 970. The maximum atomic E-state index is 10.6. The average molecular weight is 346 g/mol. The minimum absolute atomic E-state index is 0.0502. The fraction of sp³-hybridized carbons (Fsp3) is 0.188. The second-order valence-electron chi connectivity index (χ2n) is 5.07. The van der Waals surface area contributed by atoms with Crippen LogP contribution < -0.4 is 10.4 Å². The van der Waals surface area contributed by atoms with Gasteiger partial charge in [0.2, 0.25) is 5.88 Å². The molecule has 1 aromatic heterocycles. The lowest BCUT2D eigenvalue weighted by atomic mass is 10.2. The number of carbonyl (C=O) groups is 1. The van der Waals surface area contributed by atoms with E-state index < -0.39 is 5.97 Å². The number of hydrogen-bond donors (Lipinski definition) is 2. The molecule has 0 unspecified atom stereocenters. The van der Waals surface area contributed by atoms with Crippen LogP contribution in [0.1, 0.15) is 17.7 Å². The Morgan fingerprint density at radius 1 is 1.43 bits per heavy atom. The van der Waals surface area contributed by atoms with Crippen molar-refractivity contribution in [1.82, 2.24) is 4.57 Å². The van der Waals surface area contributed by atoms with Gasteiger partial charge < -0.3 is 10.2 Å². The molecule has 1 aromatic carbocycles. The SMILES string of the molecule is O=C(O)CCCn1c(O)c(C=c2cccc3c2=CC=N3)sc1=S. The van der Waals surface area contributed by atoms with Gasteiger partial charge in [0.25, 0.3) is 0 Å². The van der Waals surface area contributed by atoms with Crippen LogP contribution >= 0.6 is 23.6 Å². The van der Waals surface area contributed by atoms with E-state index in [1.54, 1.807) is 10.8 Å². The molecule has 0 spiro atoms. The number of benzene rings is 1. The number of hydrogen-bond acceptors (Lipinski definition) is 5. The van der Waals surface area contributed by atoms with E-state index in [2.05, 4.69) is 4.99 Å². The summed E-state index contributed by atoms with van der Waals surface area (Å²) in [6, 6.07) is 5.81. The molecular formula is C16H14N2O3S2. The maximum Gasteiger partial charge on any atom is 0.303 e. The topological polar surface area (TPSA) is 74.8 Å². The Hall–Kier alpha value is -2.25. The lowest BCUT2D eigenvalue weighted by molar-refractivity contribution is -0.137. The predicted molar refractivity (Wildman–Crippen MR) is 93.6 cm³/mol. The smallest absolute Gasteiger partial charge is 0.303 e. The lowest BCUT2D eigenvalue weighted by Crippen LogP contribution is -2.22. The molecule has 2 N–H and O–H groups in total. The van der Waals surface area contributed by atoms with Gasteiger partial charge in [0.1, 0.15) is 0 Å². The minimum atomic E-state index is -0.853. The molecule has 0 saturated heterocycles. The third-order valence-corrected chi connectivity index (χ3v) is 4.91. The third-order valence-electron chi connectivity index (χ3n) is 3.52. The average Bonchev–Trinajstić information content (AvgIpc) is 3.08. The number of fused-ring (bicyclic) bond motifs is 1. The van der Waals surface area contributed by atoms with Crippen LogP contribution in [0.25, 0.3) is 12.2 Å². The first-order valence-corrected chi connectivity index (χ1v) is 8.28. The van der Waals surface area contributed by atoms with Crippen molar-refractivity contribution >= 4 is 53.6 Å². The van der Waals surface area contributed by atoms with Crippen molar-refractivity contribution < 1.29 is 15.0 Å². The lowest BCUT2D eigenvalue weighted by Gasteiger charge is -2.02. The molecule has 2 aromatic rings. The Balaban J connectivity index is 1.97. The van der Waals surface area contributed by atoms with Gasteiger partial charge in [0.05, 0.1) is 10.6 Å². The minimum Gasteiger partial charge on any atom is -0.493 e. The van der Waals surface area contributed by atoms with Crippen LogP contribution in [0.4, 0.5) is 5.69 Å². The van der Waals surface area contributed by atoms with Gasteiger partial charge in [0.15, 0.2) is 3.95 Å². The van der Waals surface area contributed by atoms with Crippen LogP contribution in [0.3, 0.4) is 0 Å². The second kappa shape index (κ2) is 6.47. The molecule has 2 heterocycles. The fourth-order valence-corrected chi connectivity index (χ4v) is 3.73. The fourth-order valence-electron chi connectivity index (χ4n) is 2.42. The van der Waals surface area contributed by atoms with Crippen LogP contribution in [0, 0.1) is 3.95 Å². The summed E-state index contributed by atoms with van der Waals surface area (Å²) in [5, 5.41) is 21.1. The monoisotopic (exact) mass is 346 g/mol. The summed E-state index contributed by atoms with van der Waals surface area (Å²) >= 11 is 6.59. The van der Waals surface area contributed by atoms with Gasteiger partial charge in [-0.05, 0) is 42.1 Å². The van der Waals surface area contributed by atoms with E-state index in [0.29, 0.717) is 21.8 Å². The molecule has 118 valence electrons. The number of aromatic hydroxyl groups is 1. The predicted octanol–water partition coefficient (Wildman–Crippen LogP) is 2.17. The van der Waals surface area contributed by atoms with Crippen molar-refractivity contribution in [1.29, 1.82) is 0 Å². The Morgan fingerprint density at radius 2 is 2.26 bits per heavy atom. The molecule has 7 heteroatoms. The van der Waals surface area contributed by atoms with E-state index in [9.17, 15) is 9.90 Å². The summed E-state index contributed by atoms with van der Waals surface area (Å²) in [6.45, 7) is 0.392. The molecule has 0 atom stereocenters. The first kappa shape index (κ1) is 15.6. The molecular weight excluding hydrogens is 332 g/mol. The van der Waals surface area contributed by atoms with Crippen LogP contribution in [-0.4, -0.2) is 27.0 Å². The largest absolute Gasteiger partial charge is 0.493 e. The van der Waals surface area contributed by atoms with Crippen molar-refractivity contribution in [3.8, 4) is 5.88 Å². The molecule has 3 rings (SSSR count). The summed E-state index contributed by atoms with van der Waals surface area (Å²) in [6.07, 6.45) is 6.04. The van der Waals surface area contributed by atoms with Crippen molar-refractivity contribution in [2.24, 2.45) is 4.99 Å². The number of aromatic nitrogens is 1. The quantitative estimate of drug-likeness (QED) is 0.814. The highest BCUT2D eigenvalue weighted by Crippen LogP contribution is 2.27. The highest BCUT2D eigenvalue weighted by molar-refractivity contribution is 7.73. The number of aliphatic carboxylic acids is 1. The number of aliphatic imine (C=N–C) groups is 1. The Labute approximate surface area is 141 Å². The summed E-state index contributed by atoms with van der Waals surface area (Å²) in [4.78, 5) is 15.5. The van der Waals surface area contributed by atoms with E-state index >= 15 is 0 Å². The second-order valence-corrected chi connectivity index (χ2v) is 6.75. The molecule has 1 aliphatic heterocycles. The van der Waals surface area contributed by atoms with Gasteiger partial charge in [0, 0.05) is 24.4 Å². The molecule has 0 fully saturated rings. The molecule has 0 amide bonds. The third kappa shape index (κ3) is 3.25. The van der Waals surface area contributed by atoms with Crippen molar-refractivity contribution in [2.45, 2.75) is 19.4 Å². The number of carboxylic acids is 1. The number of carboxylic acid groups (broad SMARTS) is 1. The van der Waals surface area contributed by atoms with E-state index in [-0.39, 0.29) is 12.3 Å². The first-order valence-electron chi connectivity index (χ1n) is 7.06. The molecule has 0 aliphatic carbocycles. The maximum absolute atomic E-state index is 10.6. The molecule has 0 radical (unpaired) electrons.